The Morgan fingerprint density at radius 2 is 1.97 bits per heavy atom. The van der Waals surface area contributed by atoms with Crippen molar-refractivity contribution >= 4 is 23.5 Å². The molecule has 0 fully saturated rings. The zero-order chi connectivity index (χ0) is 21.1. The minimum absolute atomic E-state index is 0.277. The molecule has 4 rings (SSSR count). The van der Waals surface area contributed by atoms with Gasteiger partial charge in [-0.2, -0.15) is 4.68 Å². The van der Waals surface area contributed by atoms with Gasteiger partial charge in [0.1, 0.15) is 18.4 Å². The molecule has 8 nitrogen and oxygen atoms in total. The Balaban J connectivity index is 1.60. The van der Waals surface area contributed by atoms with Gasteiger partial charge in [-0.05, 0) is 48.0 Å². The lowest BCUT2D eigenvalue weighted by Gasteiger charge is -2.27. The molecular weight excluding hydrogens is 406 g/mol. The van der Waals surface area contributed by atoms with Crippen molar-refractivity contribution in [1.82, 2.24) is 20.2 Å². The maximum atomic E-state index is 12.6. The van der Waals surface area contributed by atoms with E-state index in [1.165, 1.54) is 0 Å². The molecule has 0 saturated carbocycles. The molecular formula is C21H20ClN5O3. The number of halogens is 1. The minimum atomic E-state index is -0.507. The number of ether oxygens (including phenoxy) is 2. The third-order valence-corrected chi connectivity index (χ3v) is 5.13. The highest BCUT2D eigenvalue weighted by atomic mass is 35.5. The first-order chi connectivity index (χ1) is 14.6. The van der Waals surface area contributed by atoms with Gasteiger partial charge >= 0.3 is 5.97 Å². The summed E-state index contributed by atoms with van der Waals surface area (Å²) in [6, 6.07) is 14.5. The van der Waals surface area contributed by atoms with Crippen LogP contribution in [0.3, 0.4) is 0 Å². The number of tetrazole rings is 1. The summed E-state index contributed by atoms with van der Waals surface area (Å²) in [5, 5.41) is 15.5. The van der Waals surface area contributed by atoms with E-state index < -0.39 is 12.0 Å². The molecule has 9 heteroatoms. The number of nitrogens with one attached hydrogen (secondary N) is 1. The van der Waals surface area contributed by atoms with E-state index in [-0.39, 0.29) is 6.61 Å². The van der Waals surface area contributed by atoms with Gasteiger partial charge in [0.05, 0.1) is 12.2 Å². The largest absolute Gasteiger partial charge is 0.489 e. The lowest BCUT2D eigenvalue weighted by atomic mass is 9.96. The number of nitrogens with zero attached hydrogens (tertiary/aromatic N) is 4. The van der Waals surface area contributed by atoms with Crippen molar-refractivity contribution in [2.45, 2.75) is 26.5 Å². The van der Waals surface area contributed by atoms with Gasteiger partial charge in [-0.25, -0.2) is 4.79 Å². The van der Waals surface area contributed by atoms with Crippen LogP contribution >= 0.6 is 11.6 Å². The standard InChI is InChI=1S/C21H20ClN5O3/c1-3-29-20(28)18-13(2)23-21-24-25-26-27(21)19(18)14-8-10-16(11-9-14)30-12-15-6-4-5-7-17(15)22/h4-11,19H,3,12H2,1-2H3,(H,23,24,26)/t19-/m1/s1. The average molecular weight is 426 g/mol. The van der Waals surface area contributed by atoms with Crippen molar-refractivity contribution in [3.05, 3.63) is 76.0 Å². The smallest absolute Gasteiger partial charge is 0.338 e. The number of hydrogen-bond donors (Lipinski definition) is 1. The van der Waals surface area contributed by atoms with Crippen molar-refractivity contribution < 1.29 is 14.3 Å². The fourth-order valence-electron chi connectivity index (χ4n) is 3.32. The summed E-state index contributed by atoms with van der Waals surface area (Å²) in [4.78, 5) is 12.6. The highest BCUT2D eigenvalue weighted by Crippen LogP contribution is 2.35. The summed E-state index contributed by atoms with van der Waals surface area (Å²) in [7, 11) is 0. The summed E-state index contributed by atoms with van der Waals surface area (Å²) in [6.07, 6.45) is 0. The Hall–Kier alpha value is -3.39. The van der Waals surface area contributed by atoms with E-state index in [1.54, 1.807) is 18.5 Å². The van der Waals surface area contributed by atoms with Crippen molar-refractivity contribution in [3.63, 3.8) is 0 Å². The van der Waals surface area contributed by atoms with E-state index in [0.717, 1.165) is 11.1 Å². The molecule has 0 radical (unpaired) electrons. The van der Waals surface area contributed by atoms with E-state index in [0.29, 0.717) is 34.6 Å². The van der Waals surface area contributed by atoms with Crippen LogP contribution in [0.4, 0.5) is 5.95 Å². The monoisotopic (exact) mass is 425 g/mol. The first-order valence-electron chi connectivity index (χ1n) is 9.47. The SMILES string of the molecule is CCOC(=O)C1=C(C)Nc2nnnn2[C@@H]1c1ccc(OCc2ccccc2Cl)cc1. The topological polar surface area (TPSA) is 91.2 Å². The van der Waals surface area contributed by atoms with Crippen molar-refractivity contribution in [2.75, 3.05) is 11.9 Å². The van der Waals surface area contributed by atoms with Gasteiger partial charge in [-0.3, -0.25) is 0 Å². The molecule has 0 amide bonds. The molecule has 0 bridgehead atoms. The first kappa shape index (κ1) is 19.9. The van der Waals surface area contributed by atoms with Crippen LogP contribution in [0, 0.1) is 0 Å². The van der Waals surface area contributed by atoms with Gasteiger partial charge in [0.25, 0.3) is 0 Å². The molecule has 154 valence electrons. The number of aromatic nitrogens is 4. The van der Waals surface area contributed by atoms with E-state index >= 15 is 0 Å². The number of anilines is 1. The maximum Gasteiger partial charge on any atom is 0.338 e. The molecule has 1 aromatic heterocycles. The van der Waals surface area contributed by atoms with Gasteiger partial charge in [-0.15, -0.1) is 0 Å². The predicted octanol–water partition coefficient (Wildman–Crippen LogP) is 3.76. The number of carbonyl (C=O) groups excluding carboxylic acids is 1. The Kier molecular flexibility index (Phi) is 5.67. The van der Waals surface area contributed by atoms with Crippen LogP contribution in [-0.2, 0) is 16.1 Å². The Labute approximate surface area is 178 Å². The average Bonchev–Trinajstić information content (AvgIpc) is 3.21. The van der Waals surface area contributed by atoms with Gasteiger partial charge in [0, 0.05) is 16.3 Å². The summed E-state index contributed by atoms with van der Waals surface area (Å²) < 4.78 is 12.7. The second kappa shape index (κ2) is 8.54. The molecule has 1 aliphatic heterocycles. The van der Waals surface area contributed by atoms with Gasteiger partial charge < -0.3 is 14.8 Å². The molecule has 0 spiro atoms. The number of esters is 1. The molecule has 2 heterocycles. The highest BCUT2D eigenvalue weighted by molar-refractivity contribution is 6.31. The highest BCUT2D eigenvalue weighted by Gasteiger charge is 2.34. The van der Waals surface area contributed by atoms with E-state index in [2.05, 4.69) is 20.8 Å². The molecule has 2 aromatic carbocycles. The number of fused-ring (bicyclic) bond motifs is 1. The summed E-state index contributed by atoms with van der Waals surface area (Å²) in [6.45, 7) is 4.21. The van der Waals surface area contributed by atoms with Crippen LogP contribution in [0.5, 0.6) is 5.75 Å². The number of carbonyl (C=O) groups is 1. The fourth-order valence-corrected chi connectivity index (χ4v) is 3.51. The zero-order valence-electron chi connectivity index (χ0n) is 16.5. The normalized spacial score (nSPS) is 15.4. The molecule has 0 saturated heterocycles. The third kappa shape index (κ3) is 3.86. The lowest BCUT2D eigenvalue weighted by molar-refractivity contribution is -0.139. The molecule has 0 unspecified atom stereocenters. The van der Waals surface area contributed by atoms with Crippen molar-refractivity contribution in [2.24, 2.45) is 0 Å². The molecule has 30 heavy (non-hydrogen) atoms. The van der Waals surface area contributed by atoms with Crippen LogP contribution in [0.25, 0.3) is 0 Å². The Morgan fingerprint density at radius 1 is 1.20 bits per heavy atom. The zero-order valence-corrected chi connectivity index (χ0v) is 17.3. The van der Waals surface area contributed by atoms with Crippen LogP contribution in [0.15, 0.2) is 59.8 Å². The van der Waals surface area contributed by atoms with Crippen molar-refractivity contribution in [1.29, 1.82) is 0 Å². The predicted molar refractivity (Wildman–Crippen MR) is 111 cm³/mol. The fraction of sp³-hybridized carbons (Fsp3) is 0.238. The molecule has 1 aliphatic rings. The summed E-state index contributed by atoms with van der Waals surface area (Å²) >= 11 is 6.18. The van der Waals surface area contributed by atoms with Crippen LogP contribution in [0.1, 0.15) is 31.0 Å². The van der Waals surface area contributed by atoms with Crippen LogP contribution in [0.2, 0.25) is 5.02 Å². The number of hydrogen-bond acceptors (Lipinski definition) is 7. The van der Waals surface area contributed by atoms with E-state index in [4.69, 9.17) is 21.1 Å². The maximum absolute atomic E-state index is 12.6. The third-order valence-electron chi connectivity index (χ3n) is 4.76. The first-order valence-corrected chi connectivity index (χ1v) is 9.85. The van der Waals surface area contributed by atoms with Crippen LogP contribution in [-0.4, -0.2) is 32.8 Å². The molecule has 1 N–H and O–H groups in total. The number of allylic oxidation sites excluding steroid dienone is 1. The molecule has 1 atom stereocenters. The molecule has 0 aliphatic carbocycles. The Morgan fingerprint density at radius 3 is 2.70 bits per heavy atom. The summed E-state index contributed by atoms with van der Waals surface area (Å²) in [5.41, 5.74) is 2.85. The second-order valence-corrected chi connectivity index (χ2v) is 7.09. The number of benzene rings is 2. The quantitative estimate of drug-likeness (QED) is 0.601. The van der Waals surface area contributed by atoms with Crippen molar-refractivity contribution in [3.8, 4) is 5.75 Å². The second-order valence-electron chi connectivity index (χ2n) is 6.68. The van der Waals surface area contributed by atoms with Gasteiger partial charge in [0.2, 0.25) is 5.95 Å². The molecule has 3 aromatic rings. The minimum Gasteiger partial charge on any atom is -0.489 e. The van der Waals surface area contributed by atoms with Gasteiger partial charge in [-0.1, -0.05) is 47.0 Å². The Bertz CT molecular complexity index is 1090. The lowest BCUT2D eigenvalue weighted by Crippen LogP contribution is -2.29. The van der Waals surface area contributed by atoms with E-state index in [9.17, 15) is 4.79 Å². The van der Waals surface area contributed by atoms with E-state index in [1.807, 2.05) is 48.5 Å². The van der Waals surface area contributed by atoms with Crippen LogP contribution < -0.4 is 10.1 Å². The number of rotatable bonds is 6. The van der Waals surface area contributed by atoms with Gasteiger partial charge in [0.15, 0.2) is 0 Å². The summed E-state index contributed by atoms with van der Waals surface area (Å²) in [5.74, 6) is 0.736.